The molecule has 1 aromatic heterocycles. The number of oxazole rings is 1. The maximum Gasteiger partial charge on any atom is 0.182 e. The highest BCUT2D eigenvalue weighted by molar-refractivity contribution is 5.80. The second kappa shape index (κ2) is 3.77. The fourth-order valence-electron chi connectivity index (χ4n) is 1.98. The molecule has 0 amide bonds. The number of hydrogen-bond acceptors (Lipinski definition) is 5. The molecule has 0 spiro atoms. The van der Waals surface area contributed by atoms with Gasteiger partial charge in [-0.2, -0.15) is 0 Å². The first-order valence-corrected chi connectivity index (χ1v) is 5.22. The zero-order chi connectivity index (χ0) is 11.0. The first-order valence-electron chi connectivity index (χ1n) is 5.22. The smallest absolute Gasteiger partial charge is 0.182 e. The molecule has 1 unspecified atom stereocenters. The molecule has 1 aromatic carbocycles. The highest BCUT2D eigenvalue weighted by Gasteiger charge is 2.20. The van der Waals surface area contributed by atoms with E-state index in [0.29, 0.717) is 24.3 Å². The summed E-state index contributed by atoms with van der Waals surface area (Å²) in [5, 5.41) is 13.4. The molecule has 1 aliphatic heterocycles. The summed E-state index contributed by atoms with van der Waals surface area (Å²) >= 11 is 0. The largest absolute Gasteiger partial charge is 0.505 e. The number of morpholine rings is 1. The number of aromatic hydroxyl groups is 1. The van der Waals surface area contributed by atoms with Crippen LogP contribution >= 0.6 is 0 Å². The van der Waals surface area contributed by atoms with Gasteiger partial charge >= 0.3 is 0 Å². The number of fused-ring (bicyclic) bond motifs is 1. The highest BCUT2D eigenvalue weighted by atomic mass is 16.5. The van der Waals surface area contributed by atoms with Gasteiger partial charge in [0.25, 0.3) is 0 Å². The van der Waals surface area contributed by atoms with Crippen LogP contribution in [-0.2, 0) is 4.74 Å². The Morgan fingerprint density at radius 2 is 2.38 bits per heavy atom. The molecule has 0 saturated carbocycles. The first kappa shape index (κ1) is 9.62. The van der Waals surface area contributed by atoms with Crippen molar-refractivity contribution in [3.63, 3.8) is 0 Å². The molecule has 0 bridgehead atoms. The van der Waals surface area contributed by atoms with Gasteiger partial charge in [-0.05, 0) is 12.1 Å². The van der Waals surface area contributed by atoms with Gasteiger partial charge in [-0.25, -0.2) is 4.98 Å². The predicted octanol–water partition coefficient (Wildman–Crippen LogP) is 1.19. The second-order valence-corrected chi connectivity index (χ2v) is 3.78. The molecular weight excluding hydrogens is 208 g/mol. The van der Waals surface area contributed by atoms with E-state index in [-0.39, 0.29) is 11.8 Å². The highest BCUT2D eigenvalue weighted by Crippen LogP contribution is 2.32. The Balaban J connectivity index is 2.05. The van der Waals surface area contributed by atoms with Crippen molar-refractivity contribution in [3.8, 4) is 5.75 Å². The number of benzene rings is 1. The van der Waals surface area contributed by atoms with Gasteiger partial charge in [0.1, 0.15) is 5.75 Å². The van der Waals surface area contributed by atoms with Crippen LogP contribution in [0.2, 0.25) is 0 Å². The lowest BCUT2D eigenvalue weighted by molar-refractivity contribution is 0.0761. The lowest BCUT2D eigenvalue weighted by atomic mass is 10.0. The normalized spacial score (nSPS) is 21.4. The van der Waals surface area contributed by atoms with Crippen LogP contribution in [0.4, 0.5) is 0 Å². The van der Waals surface area contributed by atoms with Crippen molar-refractivity contribution in [2.45, 2.75) is 6.04 Å². The van der Waals surface area contributed by atoms with Crippen molar-refractivity contribution < 1.29 is 14.3 Å². The van der Waals surface area contributed by atoms with Crippen molar-refractivity contribution in [1.82, 2.24) is 10.3 Å². The Labute approximate surface area is 92.0 Å². The average molecular weight is 220 g/mol. The Kier molecular flexibility index (Phi) is 2.27. The zero-order valence-corrected chi connectivity index (χ0v) is 8.64. The molecule has 2 N–H and O–H groups in total. The number of ether oxygens (including phenoxy) is 1. The molecular formula is C11H12N2O3. The number of aromatic nitrogens is 1. The monoisotopic (exact) mass is 220 g/mol. The summed E-state index contributed by atoms with van der Waals surface area (Å²) in [5.41, 5.74) is 1.91. The van der Waals surface area contributed by atoms with Gasteiger partial charge in [0, 0.05) is 12.1 Å². The molecule has 5 nitrogen and oxygen atoms in total. The molecule has 1 fully saturated rings. The molecule has 2 heterocycles. The lowest BCUT2D eigenvalue weighted by Crippen LogP contribution is -2.34. The number of phenols is 1. The van der Waals surface area contributed by atoms with E-state index in [9.17, 15) is 5.11 Å². The number of hydrogen-bond donors (Lipinski definition) is 2. The van der Waals surface area contributed by atoms with Crippen molar-refractivity contribution in [1.29, 1.82) is 0 Å². The molecule has 0 radical (unpaired) electrons. The minimum Gasteiger partial charge on any atom is -0.505 e. The Hall–Kier alpha value is -1.59. The molecule has 2 aromatic rings. The van der Waals surface area contributed by atoms with Gasteiger partial charge in [0.2, 0.25) is 0 Å². The van der Waals surface area contributed by atoms with Crippen LogP contribution in [0.25, 0.3) is 11.1 Å². The third-order valence-electron chi connectivity index (χ3n) is 2.80. The minimum atomic E-state index is 0.0230. The minimum absolute atomic E-state index is 0.0230. The number of nitrogens with zero attached hydrogens (tertiary/aromatic N) is 1. The Morgan fingerprint density at radius 1 is 1.44 bits per heavy atom. The van der Waals surface area contributed by atoms with Gasteiger partial charge in [0.05, 0.1) is 19.3 Å². The van der Waals surface area contributed by atoms with Gasteiger partial charge in [-0.15, -0.1) is 0 Å². The summed E-state index contributed by atoms with van der Waals surface area (Å²) in [7, 11) is 0. The molecule has 5 heteroatoms. The maximum absolute atomic E-state index is 10.1. The van der Waals surface area contributed by atoms with E-state index in [1.54, 1.807) is 0 Å². The van der Waals surface area contributed by atoms with Crippen LogP contribution in [0.15, 0.2) is 22.9 Å². The van der Waals surface area contributed by atoms with Crippen molar-refractivity contribution in [2.75, 3.05) is 19.8 Å². The fraction of sp³-hybridized carbons (Fsp3) is 0.364. The summed E-state index contributed by atoms with van der Waals surface area (Å²) in [6.07, 6.45) is 1.33. The molecule has 1 saturated heterocycles. The molecule has 3 rings (SSSR count). The van der Waals surface area contributed by atoms with Gasteiger partial charge in [-0.3, -0.25) is 0 Å². The SMILES string of the molecule is Oc1c(C2COCCN2)ccc2ocnc12. The first-order chi connectivity index (χ1) is 7.86. The fourth-order valence-corrected chi connectivity index (χ4v) is 1.98. The van der Waals surface area contributed by atoms with Crippen molar-refractivity contribution in [3.05, 3.63) is 24.1 Å². The van der Waals surface area contributed by atoms with E-state index in [1.807, 2.05) is 12.1 Å². The standard InChI is InChI=1S/C11H12N2O3/c14-11-7(8-5-15-4-3-12-8)1-2-9-10(11)13-6-16-9/h1-2,6,8,12,14H,3-5H2. The van der Waals surface area contributed by atoms with E-state index in [1.165, 1.54) is 6.39 Å². The van der Waals surface area contributed by atoms with Crippen LogP contribution in [0.5, 0.6) is 5.75 Å². The van der Waals surface area contributed by atoms with Gasteiger partial charge in [-0.1, -0.05) is 0 Å². The summed E-state index contributed by atoms with van der Waals surface area (Å²) in [5.74, 6) is 0.175. The van der Waals surface area contributed by atoms with Crippen LogP contribution < -0.4 is 5.32 Å². The Morgan fingerprint density at radius 3 is 3.19 bits per heavy atom. The van der Waals surface area contributed by atoms with Crippen molar-refractivity contribution in [2.24, 2.45) is 0 Å². The average Bonchev–Trinajstić information content (AvgIpc) is 2.80. The predicted molar refractivity (Wildman–Crippen MR) is 57.2 cm³/mol. The van der Waals surface area contributed by atoms with E-state index in [0.717, 1.165) is 12.1 Å². The third kappa shape index (κ3) is 1.45. The summed E-state index contributed by atoms with van der Waals surface area (Å²) in [6.45, 7) is 2.07. The number of phenolic OH excluding ortho intramolecular Hbond substituents is 1. The Bertz CT molecular complexity index is 503. The van der Waals surface area contributed by atoms with Crippen LogP contribution in [0.3, 0.4) is 0 Å². The maximum atomic E-state index is 10.1. The molecule has 16 heavy (non-hydrogen) atoms. The van der Waals surface area contributed by atoms with E-state index in [2.05, 4.69) is 10.3 Å². The molecule has 1 aliphatic rings. The summed E-state index contributed by atoms with van der Waals surface area (Å²) in [4.78, 5) is 3.99. The quantitative estimate of drug-likeness (QED) is 0.755. The topological polar surface area (TPSA) is 67.5 Å². The van der Waals surface area contributed by atoms with Gasteiger partial charge < -0.3 is 19.6 Å². The summed E-state index contributed by atoms with van der Waals surface area (Å²) < 4.78 is 10.5. The molecule has 0 aliphatic carbocycles. The number of rotatable bonds is 1. The van der Waals surface area contributed by atoms with Gasteiger partial charge in [0.15, 0.2) is 17.5 Å². The van der Waals surface area contributed by atoms with Crippen LogP contribution in [0, 0.1) is 0 Å². The summed E-state index contributed by atoms with van der Waals surface area (Å²) in [6, 6.07) is 3.68. The molecule has 84 valence electrons. The van der Waals surface area contributed by atoms with Crippen LogP contribution in [-0.4, -0.2) is 29.8 Å². The van der Waals surface area contributed by atoms with Crippen LogP contribution in [0.1, 0.15) is 11.6 Å². The third-order valence-corrected chi connectivity index (χ3v) is 2.80. The van der Waals surface area contributed by atoms with Crippen molar-refractivity contribution >= 4 is 11.1 Å². The second-order valence-electron chi connectivity index (χ2n) is 3.78. The molecule has 1 atom stereocenters. The van der Waals surface area contributed by atoms with E-state index >= 15 is 0 Å². The van der Waals surface area contributed by atoms with E-state index in [4.69, 9.17) is 9.15 Å². The van der Waals surface area contributed by atoms with E-state index < -0.39 is 0 Å². The zero-order valence-electron chi connectivity index (χ0n) is 8.64. The lowest BCUT2D eigenvalue weighted by Gasteiger charge is -2.24. The number of nitrogens with one attached hydrogen (secondary N) is 1.